The number of carbonyl (C=O) groups is 2. The van der Waals surface area contributed by atoms with E-state index in [1.165, 1.54) is 32.4 Å². The predicted molar refractivity (Wildman–Crippen MR) is 76.7 cm³/mol. The first kappa shape index (κ1) is 17.4. The first-order chi connectivity index (χ1) is 8.46. The highest BCUT2D eigenvalue weighted by atomic mass is 79.9. The highest BCUT2D eigenvalue weighted by Gasteiger charge is 2.32. The van der Waals surface area contributed by atoms with Gasteiger partial charge in [0.05, 0.1) is 0 Å². The van der Waals surface area contributed by atoms with Crippen molar-refractivity contribution in [2.75, 3.05) is 13.1 Å². The minimum atomic E-state index is -0.814. The molecule has 0 atom stereocenters. The van der Waals surface area contributed by atoms with Crippen LogP contribution in [0, 0.1) is 0 Å². The van der Waals surface area contributed by atoms with E-state index >= 15 is 0 Å². The number of hydrogen-bond donors (Lipinski definition) is 3. The third-order valence-electron chi connectivity index (χ3n) is 2.97. The monoisotopic (exact) mass is 321 g/mol. The molecule has 1 saturated heterocycles. The van der Waals surface area contributed by atoms with Crippen LogP contribution in [0.5, 0.6) is 0 Å². The third-order valence-corrected chi connectivity index (χ3v) is 4.45. The molecule has 5 nitrogen and oxygen atoms in total. The second-order valence-electron chi connectivity index (χ2n) is 4.30. The van der Waals surface area contributed by atoms with Gasteiger partial charge in [-0.2, -0.15) is 0 Å². The lowest BCUT2D eigenvalue weighted by atomic mass is 10.0. The molecule has 0 radical (unpaired) electrons. The summed E-state index contributed by atoms with van der Waals surface area (Å²) in [6.07, 6.45) is 5.44. The zero-order valence-electron chi connectivity index (χ0n) is 11.2. The molecule has 1 heterocycles. The number of urea groups is 1. The summed E-state index contributed by atoms with van der Waals surface area (Å²) in [5, 5.41) is 5.32. The van der Waals surface area contributed by atoms with E-state index in [-0.39, 0.29) is 5.91 Å². The Kier molecular flexibility index (Phi) is 9.01. The molecular weight excluding hydrogens is 298 g/mol. The predicted octanol–water partition coefficient (Wildman–Crippen LogP) is 1.89. The Morgan fingerprint density at radius 3 is 1.94 bits per heavy atom. The average Bonchev–Trinajstić information content (AvgIpc) is 2.39. The Morgan fingerprint density at radius 2 is 1.72 bits per heavy atom. The quantitative estimate of drug-likeness (QED) is 0.694. The molecule has 1 aliphatic heterocycles. The summed E-state index contributed by atoms with van der Waals surface area (Å²) < 4.78 is -0.665. The summed E-state index contributed by atoms with van der Waals surface area (Å²) in [4.78, 5) is 21.6. The summed E-state index contributed by atoms with van der Waals surface area (Å²) >= 11 is 3.26. The fourth-order valence-electron chi connectivity index (χ4n) is 1.60. The van der Waals surface area contributed by atoms with Gasteiger partial charge in [-0.25, -0.2) is 4.79 Å². The van der Waals surface area contributed by atoms with Crippen molar-refractivity contribution in [3.63, 3.8) is 0 Å². The highest BCUT2D eigenvalue weighted by molar-refractivity contribution is 9.10. The van der Waals surface area contributed by atoms with E-state index in [0.29, 0.717) is 12.8 Å². The van der Waals surface area contributed by atoms with Gasteiger partial charge in [-0.1, -0.05) is 36.2 Å². The molecule has 0 spiro atoms. The molecule has 6 heteroatoms. The molecule has 106 valence electrons. The molecular formula is C12H24BrN3O2. The summed E-state index contributed by atoms with van der Waals surface area (Å²) in [6, 6.07) is -0.814. The van der Waals surface area contributed by atoms with E-state index in [4.69, 9.17) is 5.73 Å². The van der Waals surface area contributed by atoms with Gasteiger partial charge < -0.3 is 11.1 Å². The molecule has 0 bridgehead atoms. The SMILES string of the molecule is C1CCNCC1.CCC(Br)(CC)C(=O)NC(N)=O. The number of nitrogens with one attached hydrogen (secondary N) is 2. The van der Waals surface area contributed by atoms with Crippen molar-refractivity contribution >= 4 is 27.9 Å². The smallest absolute Gasteiger partial charge is 0.318 e. The van der Waals surface area contributed by atoms with E-state index in [1.54, 1.807) is 0 Å². The number of rotatable bonds is 3. The van der Waals surface area contributed by atoms with Crippen molar-refractivity contribution in [3.8, 4) is 0 Å². The summed E-state index contributed by atoms with van der Waals surface area (Å²) in [5.74, 6) is -0.375. The van der Waals surface area contributed by atoms with Gasteiger partial charge >= 0.3 is 6.03 Å². The van der Waals surface area contributed by atoms with E-state index in [9.17, 15) is 9.59 Å². The molecule has 4 N–H and O–H groups in total. The van der Waals surface area contributed by atoms with Crippen LogP contribution in [-0.2, 0) is 4.79 Å². The largest absolute Gasteiger partial charge is 0.351 e. The molecule has 0 aromatic heterocycles. The normalized spacial score (nSPS) is 15.3. The molecule has 1 rings (SSSR count). The van der Waals surface area contributed by atoms with Gasteiger partial charge in [-0.05, 0) is 38.8 Å². The minimum Gasteiger partial charge on any atom is -0.351 e. The van der Waals surface area contributed by atoms with E-state index in [2.05, 4.69) is 21.2 Å². The van der Waals surface area contributed by atoms with Crippen molar-refractivity contribution in [2.24, 2.45) is 5.73 Å². The molecule has 0 unspecified atom stereocenters. The van der Waals surface area contributed by atoms with Gasteiger partial charge in [0.25, 0.3) is 0 Å². The molecule has 0 saturated carbocycles. The number of alkyl halides is 1. The van der Waals surface area contributed by atoms with Gasteiger partial charge in [-0.3, -0.25) is 10.1 Å². The summed E-state index contributed by atoms with van der Waals surface area (Å²) in [5.41, 5.74) is 4.81. The first-order valence-electron chi connectivity index (χ1n) is 6.46. The molecule has 0 aliphatic carbocycles. The lowest BCUT2D eigenvalue weighted by molar-refractivity contribution is -0.122. The molecule has 18 heavy (non-hydrogen) atoms. The maximum absolute atomic E-state index is 11.3. The number of amides is 3. The van der Waals surface area contributed by atoms with Crippen LogP contribution in [0.4, 0.5) is 4.79 Å². The molecule has 1 aliphatic rings. The van der Waals surface area contributed by atoms with Crippen molar-refractivity contribution in [3.05, 3.63) is 0 Å². The molecule has 3 amide bonds. The zero-order chi connectivity index (χ0) is 14.0. The number of imide groups is 1. The van der Waals surface area contributed by atoms with Gasteiger partial charge in [-0.15, -0.1) is 0 Å². The highest BCUT2D eigenvalue weighted by Crippen LogP contribution is 2.26. The minimum absolute atomic E-state index is 0.375. The summed E-state index contributed by atoms with van der Waals surface area (Å²) in [7, 11) is 0. The standard InChI is InChI=1S/C7H13BrN2O2.C5H11N/c1-3-7(8,4-2)5(11)10-6(9)12;1-2-4-6-5-3-1/h3-4H2,1-2H3,(H3,9,10,11,12);6H,1-5H2. The van der Waals surface area contributed by atoms with Crippen LogP contribution in [0.25, 0.3) is 0 Å². The topological polar surface area (TPSA) is 84.2 Å². The number of nitrogens with two attached hydrogens (primary N) is 1. The Morgan fingerprint density at radius 1 is 1.22 bits per heavy atom. The lowest BCUT2D eigenvalue weighted by Gasteiger charge is -2.21. The van der Waals surface area contributed by atoms with Gasteiger partial charge in [0.2, 0.25) is 5.91 Å². The van der Waals surface area contributed by atoms with E-state index < -0.39 is 10.4 Å². The van der Waals surface area contributed by atoms with Crippen LogP contribution in [0.3, 0.4) is 0 Å². The van der Waals surface area contributed by atoms with Crippen LogP contribution in [0.15, 0.2) is 0 Å². The Balaban J connectivity index is 0.000000397. The van der Waals surface area contributed by atoms with Crippen molar-refractivity contribution in [2.45, 2.75) is 50.3 Å². The van der Waals surface area contributed by atoms with Crippen molar-refractivity contribution < 1.29 is 9.59 Å². The number of primary amides is 1. The van der Waals surface area contributed by atoms with Gasteiger partial charge in [0.15, 0.2) is 0 Å². The fraction of sp³-hybridized carbons (Fsp3) is 0.833. The van der Waals surface area contributed by atoms with E-state index in [0.717, 1.165) is 0 Å². The number of piperidine rings is 1. The number of hydrogen-bond acceptors (Lipinski definition) is 3. The zero-order valence-corrected chi connectivity index (χ0v) is 12.8. The third kappa shape index (κ3) is 6.96. The van der Waals surface area contributed by atoms with Crippen LogP contribution in [0.1, 0.15) is 46.0 Å². The fourth-order valence-corrected chi connectivity index (χ4v) is 1.70. The lowest BCUT2D eigenvalue weighted by Crippen LogP contribution is -2.46. The number of halogens is 1. The maximum atomic E-state index is 11.3. The second kappa shape index (κ2) is 9.33. The van der Waals surface area contributed by atoms with Gasteiger partial charge in [0.1, 0.15) is 4.32 Å². The maximum Gasteiger partial charge on any atom is 0.318 e. The number of carbonyl (C=O) groups excluding carboxylic acids is 2. The van der Waals surface area contributed by atoms with E-state index in [1.807, 2.05) is 19.2 Å². The molecule has 0 aromatic carbocycles. The van der Waals surface area contributed by atoms with Crippen LogP contribution >= 0.6 is 15.9 Å². The van der Waals surface area contributed by atoms with Crippen LogP contribution < -0.4 is 16.4 Å². The van der Waals surface area contributed by atoms with Gasteiger partial charge in [0, 0.05) is 0 Å². The van der Waals surface area contributed by atoms with Crippen LogP contribution in [0.2, 0.25) is 0 Å². The Labute approximate surface area is 117 Å². The Bertz CT molecular complexity index is 253. The summed E-state index contributed by atoms with van der Waals surface area (Å²) in [6.45, 7) is 6.22. The van der Waals surface area contributed by atoms with Crippen molar-refractivity contribution in [1.82, 2.24) is 10.6 Å². The second-order valence-corrected chi connectivity index (χ2v) is 5.82. The molecule has 1 fully saturated rings. The average molecular weight is 322 g/mol. The van der Waals surface area contributed by atoms with Crippen molar-refractivity contribution in [1.29, 1.82) is 0 Å². The molecule has 0 aromatic rings. The Hall–Kier alpha value is -0.620. The van der Waals surface area contributed by atoms with Crippen LogP contribution in [-0.4, -0.2) is 29.4 Å². The first-order valence-corrected chi connectivity index (χ1v) is 7.26.